The van der Waals surface area contributed by atoms with Crippen molar-refractivity contribution in [2.45, 2.75) is 23.4 Å². The Balaban J connectivity index is 1.53. The monoisotopic (exact) mass is 447 g/mol. The van der Waals surface area contributed by atoms with E-state index in [4.69, 9.17) is 9.47 Å². The van der Waals surface area contributed by atoms with Crippen LogP contribution in [0.2, 0.25) is 0 Å². The van der Waals surface area contributed by atoms with Gasteiger partial charge < -0.3 is 14.8 Å². The van der Waals surface area contributed by atoms with Gasteiger partial charge in [0.2, 0.25) is 10.0 Å². The standard InChI is InChI=1S/C21H22FN3O5S/c1-29-17-8-7-16(13-18(17)30-2)31(27,28)25-11-9-21(10-12-25)23-19(20(26)24-21)14-3-5-15(22)6-4-14/h3-8,13H,9-12H2,1-2H3,(H,24,26). The fourth-order valence-corrected chi connectivity index (χ4v) is 5.28. The van der Waals surface area contributed by atoms with Crippen LogP contribution in [0.4, 0.5) is 4.39 Å². The van der Waals surface area contributed by atoms with E-state index in [1.54, 1.807) is 6.07 Å². The zero-order valence-electron chi connectivity index (χ0n) is 17.1. The Hall–Kier alpha value is -2.98. The molecule has 2 aliphatic heterocycles. The van der Waals surface area contributed by atoms with Crippen molar-refractivity contribution in [1.82, 2.24) is 9.62 Å². The maximum atomic E-state index is 13.2. The van der Waals surface area contributed by atoms with E-state index in [1.807, 2.05) is 0 Å². The molecule has 0 aliphatic carbocycles. The molecule has 0 saturated carbocycles. The third kappa shape index (κ3) is 3.88. The van der Waals surface area contributed by atoms with Crippen molar-refractivity contribution < 1.29 is 27.1 Å². The molecule has 1 amide bonds. The van der Waals surface area contributed by atoms with E-state index in [1.165, 1.54) is 54.9 Å². The van der Waals surface area contributed by atoms with Gasteiger partial charge in [0, 0.05) is 37.6 Å². The second kappa shape index (κ2) is 7.93. The van der Waals surface area contributed by atoms with E-state index in [-0.39, 0.29) is 29.6 Å². The summed E-state index contributed by atoms with van der Waals surface area (Å²) in [5.74, 6) is 0.0259. The Labute approximate surface area is 179 Å². The molecule has 0 unspecified atom stereocenters. The first-order valence-electron chi connectivity index (χ1n) is 9.68. The van der Waals surface area contributed by atoms with Crippen molar-refractivity contribution in [2.75, 3.05) is 27.3 Å². The molecule has 1 spiro atoms. The SMILES string of the molecule is COc1ccc(S(=O)(=O)N2CCC3(CC2)N=C(c2ccc(F)cc2)C(=O)N3)cc1OC. The maximum Gasteiger partial charge on any atom is 0.272 e. The largest absolute Gasteiger partial charge is 0.493 e. The molecule has 1 saturated heterocycles. The van der Waals surface area contributed by atoms with Crippen molar-refractivity contribution in [3.05, 3.63) is 53.8 Å². The third-order valence-electron chi connectivity index (χ3n) is 5.55. The molecule has 2 aromatic carbocycles. The number of ether oxygens (including phenoxy) is 2. The van der Waals surface area contributed by atoms with Crippen molar-refractivity contribution in [3.8, 4) is 11.5 Å². The number of piperidine rings is 1. The number of sulfonamides is 1. The molecule has 1 fully saturated rings. The second-order valence-corrected chi connectivity index (χ2v) is 9.31. The number of carbonyl (C=O) groups excluding carboxylic acids is 1. The first-order valence-corrected chi connectivity index (χ1v) is 11.1. The lowest BCUT2D eigenvalue weighted by atomic mass is 10.00. The normalized spacial score (nSPS) is 18.5. The smallest absolute Gasteiger partial charge is 0.272 e. The molecular formula is C21H22FN3O5S. The number of amides is 1. The van der Waals surface area contributed by atoms with Crippen LogP contribution in [0.25, 0.3) is 0 Å². The molecule has 0 aromatic heterocycles. The molecule has 2 aliphatic rings. The number of halogens is 1. The molecule has 2 aromatic rings. The van der Waals surface area contributed by atoms with Crippen LogP contribution in [0.1, 0.15) is 18.4 Å². The number of methoxy groups -OCH3 is 2. The summed E-state index contributed by atoms with van der Waals surface area (Å²) in [5.41, 5.74) is -0.0999. The van der Waals surface area contributed by atoms with Crippen LogP contribution in [0.15, 0.2) is 52.4 Å². The molecule has 31 heavy (non-hydrogen) atoms. The summed E-state index contributed by atoms with van der Waals surface area (Å²) in [4.78, 5) is 17.1. The fraction of sp³-hybridized carbons (Fsp3) is 0.333. The number of nitrogens with zero attached hydrogens (tertiary/aromatic N) is 2. The summed E-state index contributed by atoms with van der Waals surface area (Å²) in [7, 11) is -0.833. The van der Waals surface area contributed by atoms with Crippen LogP contribution in [-0.4, -0.2) is 57.3 Å². The van der Waals surface area contributed by atoms with Gasteiger partial charge in [-0.1, -0.05) is 0 Å². The lowest BCUT2D eigenvalue weighted by molar-refractivity contribution is -0.115. The number of carbonyl (C=O) groups is 1. The van der Waals surface area contributed by atoms with Crippen molar-refractivity contribution in [3.63, 3.8) is 0 Å². The number of nitrogens with one attached hydrogen (secondary N) is 1. The Morgan fingerprint density at radius 1 is 1.03 bits per heavy atom. The first kappa shape index (κ1) is 21.3. The molecule has 10 heteroatoms. The highest BCUT2D eigenvalue weighted by Gasteiger charge is 2.44. The van der Waals surface area contributed by atoms with Gasteiger partial charge in [0.15, 0.2) is 11.5 Å². The highest BCUT2D eigenvalue weighted by molar-refractivity contribution is 7.89. The average Bonchev–Trinajstić information content (AvgIpc) is 3.09. The van der Waals surface area contributed by atoms with Gasteiger partial charge >= 0.3 is 0 Å². The van der Waals surface area contributed by atoms with Crippen LogP contribution >= 0.6 is 0 Å². The minimum absolute atomic E-state index is 0.104. The van der Waals surface area contributed by atoms with Crippen molar-refractivity contribution in [2.24, 2.45) is 4.99 Å². The number of rotatable bonds is 5. The zero-order chi connectivity index (χ0) is 22.2. The van der Waals surface area contributed by atoms with E-state index in [0.717, 1.165) is 0 Å². The molecule has 0 bridgehead atoms. The quantitative estimate of drug-likeness (QED) is 0.756. The van der Waals surface area contributed by atoms with Gasteiger partial charge in [-0.3, -0.25) is 9.79 Å². The lowest BCUT2D eigenvalue weighted by Crippen LogP contribution is -2.52. The van der Waals surface area contributed by atoms with E-state index >= 15 is 0 Å². The molecule has 2 heterocycles. The van der Waals surface area contributed by atoms with Crippen LogP contribution in [0.3, 0.4) is 0 Å². The summed E-state index contributed by atoms with van der Waals surface area (Å²) >= 11 is 0. The maximum absolute atomic E-state index is 13.2. The van der Waals surface area contributed by atoms with Gasteiger partial charge in [0.25, 0.3) is 5.91 Å². The Morgan fingerprint density at radius 3 is 2.29 bits per heavy atom. The van der Waals surface area contributed by atoms with Crippen LogP contribution < -0.4 is 14.8 Å². The number of benzene rings is 2. The number of hydrogen-bond acceptors (Lipinski definition) is 6. The lowest BCUT2D eigenvalue weighted by Gasteiger charge is -2.36. The van der Waals surface area contributed by atoms with E-state index in [9.17, 15) is 17.6 Å². The molecule has 4 rings (SSSR count). The highest BCUT2D eigenvalue weighted by Crippen LogP contribution is 2.34. The van der Waals surface area contributed by atoms with E-state index in [2.05, 4.69) is 10.3 Å². The Kier molecular flexibility index (Phi) is 5.44. The minimum atomic E-state index is -3.75. The number of aliphatic imine (C=N–C) groups is 1. The summed E-state index contributed by atoms with van der Waals surface area (Å²) < 4.78 is 51.2. The van der Waals surface area contributed by atoms with Crippen LogP contribution in [0, 0.1) is 5.82 Å². The molecule has 0 radical (unpaired) electrons. The minimum Gasteiger partial charge on any atom is -0.493 e. The van der Waals surface area contributed by atoms with Crippen molar-refractivity contribution in [1.29, 1.82) is 0 Å². The van der Waals surface area contributed by atoms with E-state index < -0.39 is 21.5 Å². The molecule has 0 atom stereocenters. The van der Waals surface area contributed by atoms with Gasteiger partial charge in [-0.05, 0) is 36.4 Å². The topological polar surface area (TPSA) is 97.3 Å². The van der Waals surface area contributed by atoms with Gasteiger partial charge in [0.05, 0.1) is 19.1 Å². The Bertz CT molecular complexity index is 1140. The summed E-state index contributed by atoms with van der Waals surface area (Å²) in [6, 6.07) is 10.0. The summed E-state index contributed by atoms with van der Waals surface area (Å²) in [6.45, 7) is 0.383. The molecular weight excluding hydrogens is 425 g/mol. The predicted molar refractivity (Wildman–Crippen MR) is 111 cm³/mol. The summed E-state index contributed by atoms with van der Waals surface area (Å²) in [6.07, 6.45) is 0.659. The predicted octanol–water partition coefficient (Wildman–Crippen LogP) is 1.94. The van der Waals surface area contributed by atoms with Crippen molar-refractivity contribution >= 4 is 21.6 Å². The zero-order valence-corrected chi connectivity index (χ0v) is 17.9. The molecule has 8 nitrogen and oxygen atoms in total. The highest BCUT2D eigenvalue weighted by atomic mass is 32.2. The second-order valence-electron chi connectivity index (χ2n) is 7.37. The van der Waals surface area contributed by atoms with Crippen LogP contribution in [-0.2, 0) is 14.8 Å². The van der Waals surface area contributed by atoms with Crippen LogP contribution in [0.5, 0.6) is 11.5 Å². The third-order valence-corrected chi connectivity index (χ3v) is 7.44. The fourth-order valence-electron chi connectivity index (χ4n) is 3.83. The molecule has 164 valence electrons. The Morgan fingerprint density at radius 2 is 1.68 bits per heavy atom. The molecule has 1 N–H and O–H groups in total. The van der Waals surface area contributed by atoms with E-state index in [0.29, 0.717) is 29.9 Å². The van der Waals surface area contributed by atoms with Gasteiger partial charge in [0.1, 0.15) is 17.2 Å². The van der Waals surface area contributed by atoms with Gasteiger partial charge in [-0.15, -0.1) is 0 Å². The van der Waals surface area contributed by atoms with Gasteiger partial charge in [-0.2, -0.15) is 4.31 Å². The van der Waals surface area contributed by atoms with Gasteiger partial charge in [-0.25, -0.2) is 12.8 Å². The first-order chi connectivity index (χ1) is 14.8. The average molecular weight is 447 g/mol. The summed E-state index contributed by atoms with van der Waals surface area (Å²) in [5, 5.41) is 2.88. The number of hydrogen-bond donors (Lipinski definition) is 1.